The van der Waals surface area contributed by atoms with E-state index in [1.807, 2.05) is 49.8 Å². The molecule has 3 nitrogen and oxygen atoms in total. The SMILES string of the molecule is CN(CCc1ccncc1)c1ccc(CO)c(Cl)c1. The van der Waals surface area contributed by atoms with Gasteiger partial charge in [0.2, 0.25) is 0 Å². The van der Waals surface area contributed by atoms with Crippen molar-refractivity contribution in [1.29, 1.82) is 0 Å². The first-order valence-electron chi connectivity index (χ1n) is 6.20. The molecule has 1 aromatic carbocycles. The highest BCUT2D eigenvalue weighted by molar-refractivity contribution is 6.31. The smallest absolute Gasteiger partial charge is 0.0696 e. The lowest BCUT2D eigenvalue weighted by Crippen LogP contribution is -2.20. The summed E-state index contributed by atoms with van der Waals surface area (Å²) in [4.78, 5) is 6.15. The van der Waals surface area contributed by atoms with E-state index in [2.05, 4.69) is 9.88 Å². The quantitative estimate of drug-likeness (QED) is 0.912. The van der Waals surface area contributed by atoms with Crippen molar-refractivity contribution in [2.75, 3.05) is 18.5 Å². The van der Waals surface area contributed by atoms with Gasteiger partial charge in [0.1, 0.15) is 0 Å². The van der Waals surface area contributed by atoms with Gasteiger partial charge in [-0.2, -0.15) is 0 Å². The minimum Gasteiger partial charge on any atom is -0.392 e. The van der Waals surface area contributed by atoms with Crippen molar-refractivity contribution >= 4 is 17.3 Å². The summed E-state index contributed by atoms with van der Waals surface area (Å²) in [5, 5.41) is 9.70. The molecule has 0 aliphatic heterocycles. The number of aliphatic hydroxyl groups is 1. The first kappa shape index (κ1) is 13.8. The van der Waals surface area contributed by atoms with Crippen molar-refractivity contribution in [3.63, 3.8) is 0 Å². The summed E-state index contributed by atoms with van der Waals surface area (Å²) in [5.41, 5.74) is 3.07. The standard InChI is InChI=1S/C15H17ClN2O/c1-18(9-6-12-4-7-17-8-5-12)14-3-2-13(11-19)15(16)10-14/h2-5,7-8,10,19H,6,9,11H2,1H3. The maximum Gasteiger partial charge on any atom is 0.0696 e. The van der Waals surface area contributed by atoms with Crippen molar-refractivity contribution in [1.82, 2.24) is 4.98 Å². The van der Waals surface area contributed by atoms with Crippen LogP contribution in [0.5, 0.6) is 0 Å². The number of benzene rings is 1. The molecule has 2 aromatic rings. The van der Waals surface area contributed by atoms with Gasteiger partial charge in [0.25, 0.3) is 0 Å². The fourth-order valence-corrected chi connectivity index (χ4v) is 2.11. The second kappa shape index (κ2) is 6.55. The third kappa shape index (κ3) is 3.69. The number of hydrogen-bond donors (Lipinski definition) is 1. The number of aliphatic hydroxyl groups excluding tert-OH is 1. The second-order valence-corrected chi connectivity index (χ2v) is 4.87. The summed E-state index contributed by atoms with van der Waals surface area (Å²) < 4.78 is 0. The van der Waals surface area contributed by atoms with Crippen molar-refractivity contribution in [2.45, 2.75) is 13.0 Å². The average molecular weight is 277 g/mol. The van der Waals surface area contributed by atoms with Crippen LogP contribution in [0.4, 0.5) is 5.69 Å². The zero-order valence-corrected chi connectivity index (χ0v) is 11.6. The summed E-state index contributed by atoms with van der Waals surface area (Å²) in [7, 11) is 2.03. The minimum atomic E-state index is -0.0279. The van der Waals surface area contributed by atoms with Crippen LogP contribution in [-0.2, 0) is 13.0 Å². The third-order valence-corrected chi connectivity index (χ3v) is 3.48. The molecule has 0 amide bonds. The van der Waals surface area contributed by atoms with E-state index in [1.54, 1.807) is 0 Å². The van der Waals surface area contributed by atoms with E-state index >= 15 is 0 Å². The Morgan fingerprint density at radius 3 is 2.58 bits per heavy atom. The Kier molecular flexibility index (Phi) is 4.77. The summed E-state index contributed by atoms with van der Waals surface area (Å²) >= 11 is 6.10. The van der Waals surface area contributed by atoms with Gasteiger partial charge < -0.3 is 10.0 Å². The normalized spacial score (nSPS) is 10.5. The Balaban J connectivity index is 2.00. The van der Waals surface area contributed by atoms with Gasteiger partial charge in [-0.25, -0.2) is 0 Å². The molecule has 100 valence electrons. The predicted molar refractivity (Wildman–Crippen MR) is 78.6 cm³/mol. The maximum atomic E-state index is 9.10. The number of aromatic nitrogens is 1. The van der Waals surface area contributed by atoms with Crippen molar-refractivity contribution in [2.24, 2.45) is 0 Å². The van der Waals surface area contributed by atoms with E-state index in [-0.39, 0.29) is 6.61 Å². The first-order valence-corrected chi connectivity index (χ1v) is 6.58. The molecule has 0 unspecified atom stereocenters. The van der Waals surface area contributed by atoms with Crippen LogP contribution in [0, 0.1) is 0 Å². The van der Waals surface area contributed by atoms with Crippen molar-refractivity contribution in [3.8, 4) is 0 Å². The Labute approximate surface area is 118 Å². The topological polar surface area (TPSA) is 36.4 Å². The maximum absolute atomic E-state index is 9.10. The fraction of sp³-hybridized carbons (Fsp3) is 0.267. The predicted octanol–water partition coefficient (Wildman–Crippen LogP) is 2.91. The molecule has 0 radical (unpaired) electrons. The molecule has 0 aliphatic rings. The van der Waals surface area contributed by atoms with Crippen LogP contribution < -0.4 is 4.90 Å². The Morgan fingerprint density at radius 1 is 1.21 bits per heavy atom. The van der Waals surface area contributed by atoms with Crippen LogP contribution >= 0.6 is 11.6 Å². The number of rotatable bonds is 5. The van der Waals surface area contributed by atoms with Crippen LogP contribution in [0.3, 0.4) is 0 Å². The van der Waals surface area contributed by atoms with Crippen LogP contribution in [0.25, 0.3) is 0 Å². The van der Waals surface area contributed by atoms with Crippen molar-refractivity contribution < 1.29 is 5.11 Å². The molecule has 0 spiro atoms. The van der Waals surface area contributed by atoms with Gasteiger partial charge in [-0.15, -0.1) is 0 Å². The zero-order valence-electron chi connectivity index (χ0n) is 10.9. The van der Waals surface area contributed by atoms with E-state index in [0.29, 0.717) is 5.02 Å². The molecule has 2 rings (SSSR count). The molecule has 0 aliphatic carbocycles. The van der Waals surface area contributed by atoms with Crippen molar-refractivity contribution in [3.05, 3.63) is 58.9 Å². The van der Waals surface area contributed by atoms with Crippen LogP contribution in [0.2, 0.25) is 5.02 Å². The van der Waals surface area contributed by atoms with Gasteiger partial charge >= 0.3 is 0 Å². The third-order valence-electron chi connectivity index (χ3n) is 3.13. The number of nitrogens with zero attached hydrogens (tertiary/aromatic N) is 2. The number of halogens is 1. The lowest BCUT2D eigenvalue weighted by molar-refractivity contribution is 0.282. The average Bonchev–Trinajstić information content (AvgIpc) is 2.45. The van der Waals surface area contributed by atoms with Gasteiger partial charge in [0.15, 0.2) is 0 Å². The zero-order chi connectivity index (χ0) is 13.7. The summed E-state index contributed by atoms with van der Waals surface area (Å²) in [6.07, 6.45) is 4.57. The molecule has 1 heterocycles. The van der Waals surface area contributed by atoms with Crippen LogP contribution in [0.15, 0.2) is 42.7 Å². The fourth-order valence-electron chi connectivity index (χ4n) is 1.88. The lowest BCUT2D eigenvalue weighted by atomic mass is 10.1. The largest absolute Gasteiger partial charge is 0.392 e. The first-order chi connectivity index (χ1) is 9.20. The van der Waals surface area contributed by atoms with Gasteiger partial charge in [-0.1, -0.05) is 17.7 Å². The molecule has 1 aromatic heterocycles. The highest BCUT2D eigenvalue weighted by Crippen LogP contribution is 2.23. The molecule has 19 heavy (non-hydrogen) atoms. The van der Waals surface area contributed by atoms with E-state index < -0.39 is 0 Å². The number of likely N-dealkylation sites (N-methyl/N-ethyl adjacent to an activating group) is 1. The van der Waals surface area contributed by atoms with Gasteiger partial charge in [-0.05, 0) is 41.8 Å². The molecule has 4 heteroatoms. The van der Waals surface area contributed by atoms with Crippen LogP contribution in [0.1, 0.15) is 11.1 Å². The second-order valence-electron chi connectivity index (χ2n) is 4.46. The summed E-state index contributed by atoms with van der Waals surface area (Å²) in [5.74, 6) is 0. The molecule has 0 atom stereocenters. The Morgan fingerprint density at radius 2 is 1.95 bits per heavy atom. The van der Waals surface area contributed by atoms with Gasteiger partial charge in [-0.3, -0.25) is 4.98 Å². The molecule has 0 saturated carbocycles. The van der Waals surface area contributed by atoms with E-state index in [0.717, 1.165) is 24.2 Å². The number of pyridine rings is 1. The van der Waals surface area contributed by atoms with E-state index in [9.17, 15) is 0 Å². The molecule has 0 bridgehead atoms. The van der Waals surface area contributed by atoms with E-state index in [1.165, 1.54) is 5.56 Å². The van der Waals surface area contributed by atoms with Gasteiger partial charge in [0, 0.05) is 36.7 Å². The lowest BCUT2D eigenvalue weighted by Gasteiger charge is -2.20. The van der Waals surface area contributed by atoms with Crippen LogP contribution in [-0.4, -0.2) is 23.7 Å². The Bertz CT molecular complexity index is 531. The highest BCUT2D eigenvalue weighted by Gasteiger charge is 2.05. The number of hydrogen-bond acceptors (Lipinski definition) is 3. The minimum absolute atomic E-state index is 0.0279. The molecular weight excluding hydrogens is 260 g/mol. The monoisotopic (exact) mass is 276 g/mol. The molecule has 0 fully saturated rings. The molecular formula is C15H17ClN2O. The summed E-state index contributed by atoms with van der Waals surface area (Å²) in [6.45, 7) is 0.874. The Hall–Kier alpha value is -1.58. The van der Waals surface area contributed by atoms with Gasteiger partial charge in [0.05, 0.1) is 6.61 Å². The molecule has 0 saturated heterocycles. The van der Waals surface area contributed by atoms with E-state index in [4.69, 9.17) is 16.7 Å². The highest BCUT2D eigenvalue weighted by atomic mass is 35.5. The molecule has 1 N–H and O–H groups in total. The number of anilines is 1. The summed E-state index contributed by atoms with van der Waals surface area (Å²) in [6, 6.07) is 9.77.